The summed E-state index contributed by atoms with van der Waals surface area (Å²) in [5.74, 6) is 0.959. The van der Waals surface area contributed by atoms with E-state index in [0.29, 0.717) is 5.41 Å². The fraction of sp³-hybridized carbons (Fsp3) is 0.889. The van der Waals surface area contributed by atoms with Gasteiger partial charge in [-0.25, -0.2) is 0 Å². The van der Waals surface area contributed by atoms with E-state index in [2.05, 4.69) is 4.99 Å². The molecular formula is C9H16N2. The Morgan fingerprint density at radius 2 is 1.73 bits per heavy atom. The summed E-state index contributed by atoms with van der Waals surface area (Å²) >= 11 is 0. The van der Waals surface area contributed by atoms with Gasteiger partial charge >= 0.3 is 0 Å². The van der Waals surface area contributed by atoms with Crippen LogP contribution >= 0.6 is 0 Å². The van der Waals surface area contributed by atoms with Crippen molar-refractivity contribution in [2.75, 3.05) is 6.54 Å². The van der Waals surface area contributed by atoms with Crippen molar-refractivity contribution in [3.8, 4) is 0 Å². The summed E-state index contributed by atoms with van der Waals surface area (Å²) in [5.41, 5.74) is 6.28. The Morgan fingerprint density at radius 1 is 1.09 bits per heavy atom. The monoisotopic (exact) mass is 152 g/mol. The second-order valence-electron chi connectivity index (χ2n) is 3.86. The van der Waals surface area contributed by atoms with Gasteiger partial charge in [-0.1, -0.05) is 12.8 Å². The van der Waals surface area contributed by atoms with Crippen LogP contribution < -0.4 is 5.73 Å². The molecule has 0 atom stereocenters. The molecule has 1 saturated carbocycles. The molecule has 0 radical (unpaired) electrons. The molecule has 1 aliphatic heterocycles. The van der Waals surface area contributed by atoms with Crippen molar-refractivity contribution in [1.82, 2.24) is 0 Å². The number of hydrogen-bond donors (Lipinski definition) is 1. The highest BCUT2D eigenvalue weighted by atomic mass is 14.9. The van der Waals surface area contributed by atoms with E-state index in [1.807, 2.05) is 0 Å². The average Bonchev–Trinajstić information content (AvgIpc) is 2.46. The van der Waals surface area contributed by atoms with Crippen molar-refractivity contribution in [3.63, 3.8) is 0 Å². The molecule has 1 aliphatic carbocycles. The standard InChI is InChI=1S/C9H16N2/c10-8-9(4-1-2-5-9)6-3-7-11-8/h1-7H2,(H2,10,11). The van der Waals surface area contributed by atoms with Crippen LogP contribution in [0.1, 0.15) is 38.5 Å². The first-order chi connectivity index (χ1) is 5.33. The summed E-state index contributed by atoms with van der Waals surface area (Å²) < 4.78 is 0. The number of amidine groups is 1. The predicted molar refractivity (Wildman–Crippen MR) is 46.6 cm³/mol. The summed E-state index contributed by atoms with van der Waals surface area (Å²) in [5, 5.41) is 0. The van der Waals surface area contributed by atoms with Crippen LogP contribution in [0.2, 0.25) is 0 Å². The van der Waals surface area contributed by atoms with E-state index >= 15 is 0 Å². The minimum Gasteiger partial charge on any atom is -0.387 e. The Bertz CT molecular complexity index is 178. The zero-order valence-corrected chi connectivity index (χ0v) is 6.97. The SMILES string of the molecule is NC1=NCCCC12CCCC2. The largest absolute Gasteiger partial charge is 0.387 e. The summed E-state index contributed by atoms with van der Waals surface area (Å²) in [6, 6.07) is 0. The molecule has 2 aliphatic rings. The quantitative estimate of drug-likeness (QED) is 0.563. The Morgan fingerprint density at radius 3 is 2.36 bits per heavy atom. The maximum Gasteiger partial charge on any atom is 0.0999 e. The average molecular weight is 152 g/mol. The fourth-order valence-electron chi connectivity index (χ4n) is 2.47. The molecule has 0 aromatic rings. The van der Waals surface area contributed by atoms with Crippen molar-refractivity contribution in [2.24, 2.45) is 16.1 Å². The lowest BCUT2D eigenvalue weighted by Crippen LogP contribution is -2.37. The molecule has 0 amide bonds. The highest BCUT2D eigenvalue weighted by Gasteiger charge is 2.38. The molecule has 11 heavy (non-hydrogen) atoms. The van der Waals surface area contributed by atoms with E-state index in [0.717, 1.165) is 12.4 Å². The minimum absolute atomic E-state index is 0.359. The molecule has 0 saturated heterocycles. The van der Waals surface area contributed by atoms with Crippen molar-refractivity contribution in [3.05, 3.63) is 0 Å². The van der Waals surface area contributed by atoms with Crippen LogP contribution in [0.5, 0.6) is 0 Å². The molecule has 1 heterocycles. The van der Waals surface area contributed by atoms with Gasteiger partial charge in [-0.2, -0.15) is 0 Å². The molecule has 0 aromatic heterocycles. The molecule has 2 nitrogen and oxygen atoms in total. The maximum absolute atomic E-state index is 5.92. The molecule has 2 heteroatoms. The van der Waals surface area contributed by atoms with Gasteiger partial charge in [-0.15, -0.1) is 0 Å². The van der Waals surface area contributed by atoms with Crippen molar-refractivity contribution in [2.45, 2.75) is 38.5 Å². The van der Waals surface area contributed by atoms with Crippen molar-refractivity contribution >= 4 is 5.84 Å². The first-order valence-corrected chi connectivity index (χ1v) is 4.64. The molecule has 62 valence electrons. The topological polar surface area (TPSA) is 38.4 Å². The smallest absolute Gasteiger partial charge is 0.0999 e. The molecule has 2 N–H and O–H groups in total. The van der Waals surface area contributed by atoms with Crippen LogP contribution in [0.25, 0.3) is 0 Å². The Hall–Kier alpha value is -0.530. The zero-order chi connectivity index (χ0) is 7.73. The fourth-order valence-corrected chi connectivity index (χ4v) is 2.47. The lowest BCUT2D eigenvalue weighted by atomic mass is 9.79. The Kier molecular flexibility index (Phi) is 1.63. The van der Waals surface area contributed by atoms with Gasteiger partial charge in [0.05, 0.1) is 5.84 Å². The molecule has 0 bridgehead atoms. The first-order valence-electron chi connectivity index (χ1n) is 4.64. The normalized spacial score (nSPS) is 28.9. The van der Waals surface area contributed by atoms with Gasteiger partial charge in [-0.05, 0) is 25.7 Å². The molecule has 2 rings (SSSR count). The lowest BCUT2D eigenvalue weighted by molar-refractivity contribution is 0.368. The number of nitrogens with zero attached hydrogens (tertiary/aromatic N) is 1. The second kappa shape index (κ2) is 2.50. The van der Waals surface area contributed by atoms with Crippen LogP contribution in [0.4, 0.5) is 0 Å². The van der Waals surface area contributed by atoms with Gasteiger partial charge in [-0.3, -0.25) is 4.99 Å². The lowest BCUT2D eigenvalue weighted by Gasteiger charge is -2.31. The third kappa shape index (κ3) is 1.05. The van der Waals surface area contributed by atoms with E-state index in [1.54, 1.807) is 0 Å². The number of hydrogen-bond acceptors (Lipinski definition) is 2. The van der Waals surface area contributed by atoms with Gasteiger partial charge in [0.2, 0.25) is 0 Å². The van der Waals surface area contributed by atoms with Crippen LogP contribution in [0, 0.1) is 5.41 Å². The van der Waals surface area contributed by atoms with Crippen molar-refractivity contribution in [1.29, 1.82) is 0 Å². The van der Waals surface area contributed by atoms with Crippen molar-refractivity contribution < 1.29 is 0 Å². The zero-order valence-electron chi connectivity index (χ0n) is 6.97. The van der Waals surface area contributed by atoms with E-state index in [-0.39, 0.29) is 0 Å². The van der Waals surface area contributed by atoms with Gasteiger partial charge < -0.3 is 5.73 Å². The second-order valence-corrected chi connectivity index (χ2v) is 3.86. The van der Waals surface area contributed by atoms with Crippen LogP contribution in [0.3, 0.4) is 0 Å². The number of aliphatic imine (C=N–C) groups is 1. The summed E-state index contributed by atoms with van der Waals surface area (Å²) in [6.07, 6.45) is 7.85. The third-order valence-electron chi connectivity index (χ3n) is 3.20. The predicted octanol–water partition coefficient (Wildman–Crippen LogP) is 1.70. The van der Waals surface area contributed by atoms with Gasteiger partial charge in [0.15, 0.2) is 0 Å². The first kappa shape index (κ1) is 7.14. The molecule has 1 spiro atoms. The Labute approximate surface area is 67.9 Å². The van der Waals surface area contributed by atoms with Crippen LogP contribution in [-0.2, 0) is 0 Å². The van der Waals surface area contributed by atoms with E-state index in [4.69, 9.17) is 5.73 Å². The van der Waals surface area contributed by atoms with Gasteiger partial charge in [0, 0.05) is 12.0 Å². The van der Waals surface area contributed by atoms with Gasteiger partial charge in [0.25, 0.3) is 0 Å². The maximum atomic E-state index is 5.92. The molecule has 0 unspecified atom stereocenters. The van der Waals surface area contributed by atoms with Gasteiger partial charge in [0.1, 0.15) is 0 Å². The van der Waals surface area contributed by atoms with E-state index in [9.17, 15) is 0 Å². The molecular weight excluding hydrogens is 136 g/mol. The summed E-state index contributed by atoms with van der Waals surface area (Å²) in [6.45, 7) is 0.966. The summed E-state index contributed by atoms with van der Waals surface area (Å²) in [7, 11) is 0. The summed E-state index contributed by atoms with van der Waals surface area (Å²) in [4.78, 5) is 4.36. The minimum atomic E-state index is 0.359. The highest BCUT2D eigenvalue weighted by molar-refractivity contribution is 5.87. The Balaban J connectivity index is 2.21. The molecule has 0 aromatic carbocycles. The highest BCUT2D eigenvalue weighted by Crippen LogP contribution is 2.43. The number of rotatable bonds is 0. The molecule has 1 fully saturated rings. The third-order valence-corrected chi connectivity index (χ3v) is 3.20. The van der Waals surface area contributed by atoms with E-state index in [1.165, 1.54) is 38.5 Å². The van der Waals surface area contributed by atoms with Crippen LogP contribution in [0.15, 0.2) is 4.99 Å². The van der Waals surface area contributed by atoms with E-state index < -0.39 is 0 Å². The number of nitrogens with two attached hydrogens (primary N) is 1. The van der Waals surface area contributed by atoms with Crippen LogP contribution in [-0.4, -0.2) is 12.4 Å².